The fourth-order valence-electron chi connectivity index (χ4n) is 4.11. The number of benzene rings is 1. The van der Waals surface area contributed by atoms with Crippen LogP contribution < -0.4 is 4.74 Å². The number of ether oxygens (including phenoxy) is 2. The third-order valence-electron chi connectivity index (χ3n) is 5.36. The van der Waals surface area contributed by atoms with Crippen molar-refractivity contribution in [1.82, 2.24) is 4.90 Å². The van der Waals surface area contributed by atoms with Gasteiger partial charge in [-0.05, 0) is 37.8 Å². The molecule has 1 saturated heterocycles. The molecule has 0 bridgehead atoms. The van der Waals surface area contributed by atoms with Gasteiger partial charge in [-0.25, -0.2) is 0 Å². The molecule has 0 radical (unpaired) electrons. The predicted molar refractivity (Wildman–Crippen MR) is 95.5 cm³/mol. The van der Waals surface area contributed by atoms with Crippen molar-refractivity contribution in [2.45, 2.75) is 50.7 Å². The average molecular weight is 347 g/mol. The minimum Gasteiger partial charge on any atom is -0.491 e. The first-order valence-corrected chi connectivity index (χ1v) is 9.49. The molecule has 3 atom stereocenters. The summed E-state index contributed by atoms with van der Waals surface area (Å²) in [5.41, 5.74) is 0. The van der Waals surface area contributed by atoms with Gasteiger partial charge in [0, 0.05) is 18.5 Å². The van der Waals surface area contributed by atoms with Gasteiger partial charge in [0.05, 0.1) is 12.7 Å². The van der Waals surface area contributed by atoms with Crippen molar-refractivity contribution < 1.29 is 19.4 Å². The van der Waals surface area contributed by atoms with Crippen LogP contribution >= 0.6 is 0 Å². The Morgan fingerprint density at radius 1 is 1.08 bits per heavy atom. The van der Waals surface area contributed by atoms with Crippen molar-refractivity contribution >= 4 is 5.91 Å². The summed E-state index contributed by atoms with van der Waals surface area (Å²) in [6.45, 7) is 1.71. The lowest BCUT2D eigenvalue weighted by atomic mass is 9.80. The third kappa shape index (κ3) is 4.95. The quantitative estimate of drug-likeness (QED) is 0.771. The van der Waals surface area contributed by atoms with E-state index in [4.69, 9.17) is 9.47 Å². The van der Waals surface area contributed by atoms with E-state index >= 15 is 0 Å². The van der Waals surface area contributed by atoms with E-state index in [1.807, 2.05) is 35.2 Å². The molecule has 1 aromatic carbocycles. The van der Waals surface area contributed by atoms with Crippen LogP contribution in [0.5, 0.6) is 5.75 Å². The zero-order chi connectivity index (χ0) is 17.5. The Balaban J connectivity index is 1.39. The molecule has 2 aliphatic rings. The van der Waals surface area contributed by atoms with Crippen molar-refractivity contribution in [3.05, 3.63) is 30.3 Å². The van der Waals surface area contributed by atoms with E-state index in [-0.39, 0.29) is 30.6 Å². The first-order valence-electron chi connectivity index (χ1n) is 9.49. The van der Waals surface area contributed by atoms with Crippen molar-refractivity contribution in [3.8, 4) is 5.75 Å². The second-order valence-corrected chi connectivity index (χ2v) is 7.03. The number of hydrogen-bond acceptors (Lipinski definition) is 4. The van der Waals surface area contributed by atoms with E-state index in [1.54, 1.807) is 0 Å². The van der Waals surface area contributed by atoms with E-state index in [1.165, 1.54) is 0 Å². The zero-order valence-electron chi connectivity index (χ0n) is 14.8. The Hall–Kier alpha value is -1.59. The first-order chi connectivity index (χ1) is 12.3. The van der Waals surface area contributed by atoms with Gasteiger partial charge in [-0.15, -0.1) is 0 Å². The standard InChI is InChI=1S/C20H29NO4/c22-19-11-5-4-9-17(19)18-10-6-12-21(18)20(23)15-24-13-14-25-16-7-2-1-3-8-16/h1-3,7-8,17-19,22H,4-6,9-15H2/t17-,18-,19-/m1/s1. The highest BCUT2D eigenvalue weighted by molar-refractivity contribution is 5.78. The maximum atomic E-state index is 12.5. The summed E-state index contributed by atoms with van der Waals surface area (Å²) in [4.78, 5) is 14.5. The number of nitrogens with zero attached hydrogens (tertiary/aromatic N) is 1. The van der Waals surface area contributed by atoms with Crippen LogP contribution in [0.1, 0.15) is 38.5 Å². The third-order valence-corrected chi connectivity index (χ3v) is 5.36. The highest BCUT2D eigenvalue weighted by Crippen LogP contribution is 2.34. The normalized spacial score (nSPS) is 26.6. The second-order valence-electron chi connectivity index (χ2n) is 7.03. The van der Waals surface area contributed by atoms with Gasteiger partial charge in [0.2, 0.25) is 5.91 Å². The summed E-state index contributed by atoms with van der Waals surface area (Å²) >= 11 is 0. The van der Waals surface area contributed by atoms with Crippen LogP contribution in [0.4, 0.5) is 0 Å². The van der Waals surface area contributed by atoms with Crippen LogP contribution in [0.25, 0.3) is 0 Å². The molecule has 1 aliphatic carbocycles. The summed E-state index contributed by atoms with van der Waals surface area (Å²) < 4.78 is 11.1. The van der Waals surface area contributed by atoms with Gasteiger partial charge in [0.1, 0.15) is 19.0 Å². The number of para-hydroxylation sites is 1. The van der Waals surface area contributed by atoms with Gasteiger partial charge in [-0.2, -0.15) is 0 Å². The lowest BCUT2D eigenvalue weighted by Crippen LogP contribution is -2.46. The largest absolute Gasteiger partial charge is 0.491 e. The van der Waals surface area contributed by atoms with Crippen molar-refractivity contribution in [2.75, 3.05) is 26.4 Å². The van der Waals surface area contributed by atoms with Gasteiger partial charge < -0.3 is 19.5 Å². The van der Waals surface area contributed by atoms with E-state index in [9.17, 15) is 9.90 Å². The highest BCUT2D eigenvalue weighted by Gasteiger charge is 2.38. The topological polar surface area (TPSA) is 59.0 Å². The maximum Gasteiger partial charge on any atom is 0.248 e. The minimum atomic E-state index is -0.257. The van der Waals surface area contributed by atoms with Gasteiger partial charge in [-0.1, -0.05) is 31.0 Å². The van der Waals surface area contributed by atoms with Gasteiger partial charge in [0.15, 0.2) is 0 Å². The van der Waals surface area contributed by atoms with Crippen LogP contribution in [0, 0.1) is 5.92 Å². The Labute approximate surface area is 149 Å². The number of carbonyl (C=O) groups is 1. The number of likely N-dealkylation sites (tertiary alicyclic amines) is 1. The molecule has 0 unspecified atom stereocenters. The number of aliphatic hydroxyl groups excluding tert-OH is 1. The van der Waals surface area contributed by atoms with Crippen molar-refractivity contribution in [3.63, 3.8) is 0 Å². The molecule has 2 fully saturated rings. The van der Waals surface area contributed by atoms with Gasteiger partial charge in [-0.3, -0.25) is 4.79 Å². The number of rotatable bonds is 7. The Kier molecular flexibility index (Phi) is 6.70. The molecule has 25 heavy (non-hydrogen) atoms. The molecule has 5 nitrogen and oxygen atoms in total. The predicted octanol–water partition coefficient (Wildman–Crippen LogP) is 2.62. The minimum absolute atomic E-state index is 0.0417. The SMILES string of the molecule is O=C(COCCOc1ccccc1)N1CCC[C@@H]1[C@H]1CCCC[C@H]1O. The number of hydrogen-bond donors (Lipinski definition) is 1. The molecule has 1 aliphatic heterocycles. The molecule has 0 spiro atoms. The zero-order valence-corrected chi connectivity index (χ0v) is 14.8. The molecular formula is C20H29NO4. The molecule has 5 heteroatoms. The van der Waals surface area contributed by atoms with Crippen LogP contribution in [-0.4, -0.2) is 54.4 Å². The lowest BCUT2D eigenvalue weighted by molar-refractivity contribution is -0.139. The monoisotopic (exact) mass is 347 g/mol. The van der Waals surface area contributed by atoms with E-state index in [0.29, 0.717) is 13.2 Å². The number of amides is 1. The van der Waals surface area contributed by atoms with Crippen LogP contribution in [-0.2, 0) is 9.53 Å². The summed E-state index contributed by atoms with van der Waals surface area (Å²) in [5.74, 6) is 1.09. The van der Waals surface area contributed by atoms with Gasteiger partial charge in [0.25, 0.3) is 0 Å². The molecule has 0 aromatic heterocycles. The maximum absolute atomic E-state index is 12.5. The number of carbonyl (C=O) groups excluding carboxylic acids is 1. The average Bonchev–Trinajstić information content (AvgIpc) is 3.12. The molecule has 138 valence electrons. The highest BCUT2D eigenvalue weighted by atomic mass is 16.5. The summed E-state index contributed by atoms with van der Waals surface area (Å²) in [6, 6.07) is 9.77. The van der Waals surface area contributed by atoms with Crippen molar-refractivity contribution in [2.24, 2.45) is 5.92 Å². The Morgan fingerprint density at radius 2 is 1.88 bits per heavy atom. The molecule has 1 N–H and O–H groups in total. The fourth-order valence-corrected chi connectivity index (χ4v) is 4.11. The molecule has 1 aromatic rings. The van der Waals surface area contributed by atoms with Crippen LogP contribution in [0.2, 0.25) is 0 Å². The summed E-state index contributed by atoms with van der Waals surface area (Å²) in [5, 5.41) is 10.3. The van der Waals surface area contributed by atoms with Crippen LogP contribution in [0.15, 0.2) is 30.3 Å². The van der Waals surface area contributed by atoms with E-state index in [0.717, 1.165) is 50.8 Å². The van der Waals surface area contributed by atoms with Crippen LogP contribution in [0.3, 0.4) is 0 Å². The van der Waals surface area contributed by atoms with E-state index < -0.39 is 0 Å². The first kappa shape index (κ1) is 18.2. The molecule has 1 amide bonds. The van der Waals surface area contributed by atoms with Gasteiger partial charge >= 0.3 is 0 Å². The summed E-state index contributed by atoms with van der Waals surface area (Å²) in [7, 11) is 0. The molecule has 3 rings (SSSR count). The molecular weight excluding hydrogens is 318 g/mol. The second kappa shape index (κ2) is 9.20. The van der Waals surface area contributed by atoms with Crippen molar-refractivity contribution in [1.29, 1.82) is 0 Å². The number of aliphatic hydroxyl groups is 1. The van der Waals surface area contributed by atoms with E-state index in [2.05, 4.69) is 0 Å². The Bertz CT molecular complexity index is 536. The smallest absolute Gasteiger partial charge is 0.248 e. The fraction of sp³-hybridized carbons (Fsp3) is 0.650. The molecule has 1 heterocycles. The lowest BCUT2D eigenvalue weighted by Gasteiger charge is -2.37. The molecule has 1 saturated carbocycles. The summed E-state index contributed by atoms with van der Waals surface area (Å²) in [6.07, 6.45) is 5.93. The Morgan fingerprint density at radius 3 is 2.68 bits per heavy atom.